The minimum atomic E-state index is -3.66. The molecule has 1 saturated heterocycles. The minimum absolute atomic E-state index is 0.00572. The molecule has 2 aromatic carbocycles. The number of carbonyl (C=O) groups excluding carboxylic acids is 1. The topological polar surface area (TPSA) is 122 Å². The molecule has 34 heavy (non-hydrogen) atoms. The van der Waals surface area contributed by atoms with Crippen molar-refractivity contribution in [2.24, 2.45) is 0 Å². The highest BCUT2D eigenvalue weighted by Gasteiger charge is 2.26. The Bertz CT molecular complexity index is 1210. The summed E-state index contributed by atoms with van der Waals surface area (Å²) in [7, 11) is -7.29. The summed E-state index contributed by atoms with van der Waals surface area (Å²) < 4.78 is 59.2. The largest absolute Gasteiger partial charge is 0.482 e. The summed E-state index contributed by atoms with van der Waals surface area (Å²) in [4.78, 5) is 12.3. The first-order valence-electron chi connectivity index (χ1n) is 10.9. The molecule has 0 aliphatic carbocycles. The average Bonchev–Trinajstić information content (AvgIpc) is 2.82. The van der Waals surface area contributed by atoms with Crippen molar-refractivity contribution in [3.63, 3.8) is 0 Å². The molecule has 2 N–H and O–H groups in total. The predicted octanol–water partition coefficient (Wildman–Crippen LogP) is 2.30. The van der Waals surface area contributed by atoms with Crippen LogP contribution in [0.4, 0.5) is 0 Å². The van der Waals surface area contributed by atoms with Crippen LogP contribution in [-0.2, 0) is 24.8 Å². The second kappa shape index (κ2) is 11.5. The summed E-state index contributed by atoms with van der Waals surface area (Å²) in [6, 6.07) is 10.6. The zero-order valence-corrected chi connectivity index (χ0v) is 21.2. The number of carbonyl (C=O) groups is 1. The van der Waals surface area contributed by atoms with Crippen molar-refractivity contribution < 1.29 is 26.4 Å². The minimum Gasteiger partial charge on any atom is -0.482 e. The zero-order chi connectivity index (χ0) is 24.8. The Hall–Kier alpha value is -2.18. The Balaban J connectivity index is 1.46. The van der Waals surface area contributed by atoms with E-state index >= 15 is 0 Å². The Morgan fingerprint density at radius 2 is 1.62 bits per heavy atom. The van der Waals surface area contributed by atoms with Crippen LogP contribution in [0.5, 0.6) is 5.75 Å². The number of hydrogen-bond donors (Lipinski definition) is 2. The third kappa shape index (κ3) is 6.92. The lowest BCUT2D eigenvalue weighted by Crippen LogP contribution is -2.36. The molecule has 186 valence electrons. The Morgan fingerprint density at radius 1 is 0.971 bits per heavy atom. The fraction of sp³-hybridized carbons (Fsp3) is 0.409. The molecule has 3 rings (SSSR count). The van der Waals surface area contributed by atoms with Crippen LogP contribution in [0.3, 0.4) is 0 Å². The molecule has 1 aliphatic heterocycles. The van der Waals surface area contributed by atoms with Crippen molar-refractivity contribution in [2.45, 2.75) is 36.0 Å². The average molecular weight is 530 g/mol. The van der Waals surface area contributed by atoms with Gasteiger partial charge in [-0.2, -0.15) is 4.31 Å². The number of nitrogens with zero attached hydrogens (tertiary/aromatic N) is 1. The maximum Gasteiger partial charge on any atom is 0.257 e. The number of nitrogens with one attached hydrogen (secondary N) is 2. The van der Waals surface area contributed by atoms with Gasteiger partial charge in [0.1, 0.15) is 5.75 Å². The molecular formula is C22H28ClN3O6S2. The van der Waals surface area contributed by atoms with E-state index in [1.807, 2.05) is 6.92 Å². The van der Waals surface area contributed by atoms with Gasteiger partial charge >= 0.3 is 0 Å². The smallest absolute Gasteiger partial charge is 0.257 e. The Morgan fingerprint density at radius 3 is 2.26 bits per heavy atom. The van der Waals surface area contributed by atoms with Crippen molar-refractivity contribution >= 4 is 37.6 Å². The summed E-state index contributed by atoms with van der Waals surface area (Å²) in [6.45, 7) is 2.54. The first kappa shape index (κ1) is 26.4. The predicted molar refractivity (Wildman–Crippen MR) is 129 cm³/mol. The molecule has 0 saturated carbocycles. The fourth-order valence-electron chi connectivity index (χ4n) is 3.40. The third-order valence-corrected chi connectivity index (χ3v) is 8.95. The molecule has 9 nitrogen and oxygen atoms in total. The quantitative estimate of drug-likeness (QED) is 0.455. The number of ether oxygens (including phenoxy) is 1. The fourth-order valence-corrected chi connectivity index (χ4v) is 6.27. The van der Waals surface area contributed by atoms with Crippen LogP contribution in [0.1, 0.15) is 24.8 Å². The van der Waals surface area contributed by atoms with Gasteiger partial charge in [0.05, 0.1) is 14.8 Å². The third-order valence-electron chi connectivity index (χ3n) is 5.29. The molecule has 12 heteroatoms. The number of rotatable bonds is 10. The summed E-state index contributed by atoms with van der Waals surface area (Å²) in [5.74, 6) is -0.301. The van der Waals surface area contributed by atoms with Crippen LogP contribution in [0.2, 0.25) is 5.02 Å². The summed E-state index contributed by atoms with van der Waals surface area (Å²) in [5, 5.41) is 2.63. The van der Waals surface area contributed by atoms with Gasteiger partial charge in [-0.3, -0.25) is 4.79 Å². The van der Waals surface area contributed by atoms with Gasteiger partial charge in [-0.05, 0) is 50.1 Å². The Labute approximate surface area is 205 Å². The summed E-state index contributed by atoms with van der Waals surface area (Å²) in [5.41, 5.74) is 0.949. The molecule has 1 heterocycles. The van der Waals surface area contributed by atoms with E-state index in [1.54, 1.807) is 12.1 Å². The molecule has 1 amide bonds. The molecular weight excluding hydrogens is 502 g/mol. The van der Waals surface area contributed by atoms with E-state index in [9.17, 15) is 21.6 Å². The number of piperidine rings is 1. The van der Waals surface area contributed by atoms with E-state index in [0.29, 0.717) is 13.1 Å². The number of sulfonamides is 2. The van der Waals surface area contributed by atoms with Crippen LogP contribution in [0, 0.1) is 6.92 Å². The van der Waals surface area contributed by atoms with Crippen LogP contribution >= 0.6 is 11.6 Å². The molecule has 0 bridgehead atoms. The second-order valence-corrected chi connectivity index (χ2v) is 12.0. The molecule has 2 aromatic rings. The van der Waals surface area contributed by atoms with Crippen molar-refractivity contribution in [3.05, 3.63) is 53.1 Å². The molecule has 0 aromatic heterocycles. The molecule has 0 radical (unpaired) electrons. The lowest BCUT2D eigenvalue weighted by atomic mass is 10.2. The summed E-state index contributed by atoms with van der Waals surface area (Å²) in [6.07, 6.45) is 2.67. The number of amides is 1. The van der Waals surface area contributed by atoms with E-state index in [0.717, 1.165) is 24.8 Å². The van der Waals surface area contributed by atoms with Crippen LogP contribution in [-0.4, -0.2) is 59.8 Å². The van der Waals surface area contributed by atoms with Gasteiger partial charge < -0.3 is 10.1 Å². The van der Waals surface area contributed by atoms with E-state index in [-0.39, 0.29) is 40.3 Å². The number of aryl methyl sites for hydroxylation is 1. The normalized spacial score (nSPS) is 15.1. The molecule has 0 atom stereocenters. The lowest BCUT2D eigenvalue weighted by molar-refractivity contribution is -0.123. The highest BCUT2D eigenvalue weighted by Crippen LogP contribution is 2.29. The molecule has 1 fully saturated rings. The van der Waals surface area contributed by atoms with Gasteiger partial charge in [0.15, 0.2) is 6.61 Å². The SMILES string of the molecule is Cc1ccc(S(=O)(=O)NCCNC(=O)COc2ccc(S(=O)(=O)N3CCCCC3)cc2Cl)cc1. The van der Waals surface area contributed by atoms with E-state index in [1.165, 1.54) is 34.6 Å². The van der Waals surface area contributed by atoms with Crippen molar-refractivity contribution in [1.82, 2.24) is 14.3 Å². The van der Waals surface area contributed by atoms with Gasteiger partial charge in [0.2, 0.25) is 20.0 Å². The van der Waals surface area contributed by atoms with Gasteiger partial charge in [-0.15, -0.1) is 0 Å². The maximum absolute atomic E-state index is 12.8. The molecule has 0 spiro atoms. The monoisotopic (exact) mass is 529 g/mol. The van der Waals surface area contributed by atoms with E-state index < -0.39 is 26.0 Å². The van der Waals surface area contributed by atoms with Crippen LogP contribution < -0.4 is 14.8 Å². The van der Waals surface area contributed by atoms with E-state index in [4.69, 9.17) is 16.3 Å². The highest BCUT2D eigenvalue weighted by molar-refractivity contribution is 7.89. The van der Waals surface area contributed by atoms with Crippen LogP contribution in [0.15, 0.2) is 52.3 Å². The van der Waals surface area contributed by atoms with E-state index in [2.05, 4.69) is 10.0 Å². The van der Waals surface area contributed by atoms with Gasteiger partial charge in [0, 0.05) is 26.2 Å². The highest BCUT2D eigenvalue weighted by atomic mass is 35.5. The van der Waals surface area contributed by atoms with Gasteiger partial charge in [-0.25, -0.2) is 21.6 Å². The first-order valence-corrected chi connectivity index (χ1v) is 14.2. The summed E-state index contributed by atoms with van der Waals surface area (Å²) >= 11 is 6.19. The number of benzene rings is 2. The Kier molecular flexibility index (Phi) is 8.94. The zero-order valence-electron chi connectivity index (χ0n) is 18.8. The molecule has 0 unspecified atom stereocenters. The molecule has 1 aliphatic rings. The number of hydrogen-bond acceptors (Lipinski definition) is 6. The standard InChI is InChI=1S/C22H28ClN3O6S2/c1-17-5-7-18(8-6-17)33(28,29)25-12-11-24-22(27)16-32-21-10-9-19(15-20(21)23)34(30,31)26-13-3-2-4-14-26/h5-10,15,25H,2-4,11-14,16H2,1H3,(H,24,27). The van der Waals surface area contributed by atoms with Gasteiger partial charge in [0.25, 0.3) is 5.91 Å². The van der Waals surface area contributed by atoms with Crippen LogP contribution in [0.25, 0.3) is 0 Å². The maximum atomic E-state index is 12.8. The van der Waals surface area contributed by atoms with Crippen molar-refractivity contribution in [1.29, 1.82) is 0 Å². The lowest BCUT2D eigenvalue weighted by Gasteiger charge is -2.26. The second-order valence-electron chi connectivity index (χ2n) is 7.91. The van der Waals surface area contributed by atoms with Gasteiger partial charge in [-0.1, -0.05) is 35.7 Å². The van der Waals surface area contributed by atoms with Crippen molar-refractivity contribution in [3.8, 4) is 5.75 Å². The number of halogens is 1. The van der Waals surface area contributed by atoms with Crippen molar-refractivity contribution in [2.75, 3.05) is 32.8 Å². The first-order chi connectivity index (χ1) is 16.1.